The van der Waals surface area contributed by atoms with Crippen molar-refractivity contribution < 1.29 is 23.2 Å². The molecule has 1 fully saturated rings. The van der Waals surface area contributed by atoms with Crippen molar-refractivity contribution in [1.82, 2.24) is 4.72 Å². The van der Waals surface area contributed by atoms with Gasteiger partial charge in [0.1, 0.15) is 5.54 Å². The number of nitro groups is 1. The highest BCUT2D eigenvalue weighted by Crippen LogP contribution is 2.40. The minimum Gasteiger partial charge on any atom is -0.480 e. The predicted octanol–water partition coefficient (Wildman–Crippen LogP) is 1.13. The maximum Gasteiger partial charge on any atom is 0.324 e. The zero-order valence-electron chi connectivity index (χ0n) is 11.1. The summed E-state index contributed by atoms with van der Waals surface area (Å²) in [7, 11) is -4.32. The summed E-state index contributed by atoms with van der Waals surface area (Å²) in [6, 6.07) is 4.82. The Labute approximate surface area is 121 Å². The average Bonchev–Trinajstić information content (AvgIpc) is 3.22. The third kappa shape index (κ3) is 2.88. The molecule has 0 aromatic heterocycles. The summed E-state index contributed by atoms with van der Waals surface area (Å²) in [6.45, 7) is 1.28. The van der Waals surface area contributed by atoms with Gasteiger partial charge in [-0.25, -0.2) is 8.42 Å². The van der Waals surface area contributed by atoms with Gasteiger partial charge in [-0.2, -0.15) is 4.72 Å². The summed E-state index contributed by atoms with van der Waals surface area (Å²) in [5, 5.41) is 20.2. The number of carboxylic acids is 1. The molecule has 1 aromatic carbocycles. The van der Waals surface area contributed by atoms with Crippen LogP contribution in [0.2, 0.25) is 0 Å². The number of hydrogen-bond acceptors (Lipinski definition) is 5. The molecule has 0 aliphatic heterocycles. The lowest BCUT2D eigenvalue weighted by Gasteiger charge is -2.25. The second kappa shape index (κ2) is 5.08. The molecule has 2 N–H and O–H groups in total. The highest BCUT2D eigenvalue weighted by molar-refractivity contribution is 7.89. The number of nitro benzene ring substituents is 1. The van der Waals surface area contributed by atoms with E-state index in [1.807, 2.05) is 0 Å². The quantitative estimate of drug-likeness (QED) is 0.598. The summed E-state index contributed by atoms with van der Waals surface area (Å²) in [4.78, 5) is 20.9. The molecule has 0 bridgehead atoms. The molecule has 0 spiro atoms. The van der Waals surface area contributed by atoms with Crippen LogP contribution in [0.1, 0.15) is 19.8 Å². The van der Waals surface area contributed by atoms with Gasteiger partial charge < -0.3 is 5.11 Å². The molecule has 1 saturated carbocycles. The lowest BCUT2D eigenvalue weighted by Crippen LogP contribution is -2.53. The summed E-state index contributed by atoms with van der Waals surface area (Å²) < 4.78 is 26.8. The molecule has 9 heteroatoms. The number of nitrogens with one attached hydrogen (secondary N) is 1. The monoisotopic (exact) mass is 314 g/mol. The number of nitrogens with zero attached hydrogens (tertiary/aromatic N) is 1. The Bertz CT molecular complexity index is 697. The molecule has 1 aliphatic carbocycles. The first-order chi connectivity index (χ1) is 9.68. The average molecular weight is 314 g/mol. The fourth-order valence-corrected chi connectivity index (χ4v) is 3.73. The van der Waals surface area contributed by atoms with Gasteiger partial charge in [-0.1, -0.05) is 12.1 Å². The second-order valence-corrected chi connectivity index (χ2v) is 6.76. The largest absolute Gasteiger partial charge is 0.480 e. The van der Waals surface area contributed by atoms with Crippen LogP contribution in [0.3, 0.4) is 0 Å². The first kappa shape index (κ1) is 15.4. The molecule has 1 atom stereocenters. The Kier molecular flexibility index (Phi) is 3.72. The van der Waals surface area contributed by atoms with E-state index in [1.54, 1.807) is 0 Å². The second-order valence-electron chi connectivity index (χ2n) is 5.11. The minimum absolute atomic E-state index is 0.312. The van der Waals surface area contributed by atoms with Crippen LogP contribution in [0, 0.1) is 16.0 Å². The highest BCUT2D eigenvalue weighted by Gasteiger charge is 2.50. The molecule has 0 radical (unpaired) electrons. The predicted molar refractivity (Wildman–Crippen MR) is 72.2 cm³/mol. The van der Waals surface area contributed by atoms with Gasteiger partial charge in [0.2, 0.25) is 10.0 Å². The molecule has 1 aromatic rings. The van der Waals surface area contributed by atoms with E-state index in [-0.39, 0.29) is 5.92 Å². The van der Waals surface area contributed by atoms with Crippen molar-refractivity contribution in [3.05, 3.63) is 34.4 Å². The first-order valence-corrected chi connectivity index (χ1v) is 7.67. The van der Waals surface area contributed by atoms with Gasteiger partial charge in [-0.15, -0.1) is 0 Å². The Morgan fingerprint density at radius 1 is 1.43 bits per heavy atom. The van der Waals surface area contributed by atoms with Crippen molar-refractivity contribution >= 4 is 21.7 Å². The summed E-state index contributed by atoms with van der Waals surface area (Å²) in [5.74, 6) is -1.61. The summed E-state index contributed by atoms with van der Waals surface area (Å²) in [6.07, 6.45) is 1.20. The Hall–Kier alpha value is -2.00. The van der Waals surface area contributed by atoms with Crippen LogP contribution in [0.25, 0.3) is 0 Å². The van der Waals surface area contributed by atoms with Crippen molar-refractivity contribution in [3.63, 3.8) is 0 Å². The molecule has 0 heterocycles. The van der Waals surface area contributed by atoms with Crippen LogP contribution in [0.4, 0.5) is 5.69 Å². The maximum absolute atomic E-state index is 12.3. The van der Waals surface area contributed by atoms with E-state index < -0.39 is 37.0 Å². The first-order valence-electron chi connectivity index (χ1n) is 6.19. The number of carboxylic acid groups (broad SMARTS) is 1. The number of carbonyl (C=O) groups is 1. The van der Waals surface area contributed by atoms with Gasteiger partial charge in [-0.3, -0.25) is 14.9 Å². The number of benzene rings is 1. The van der Waals surface area contributed by atoms with Gasteiger partial charge in [0, 0.05) is 6.07 Å². The lowest BCUT2D eigenvalue weighted by molar-refractivity contribution is -0.387. The van der Waals surface area contributed by atoms with Crippen LogP contribution in [-0.2, 0) is 14.8 Å². The highest BCUT2D eigenvalue weighted by atomic mass is 32.2. The molecule has 8 nitrogen and oxygen atoms in total. The van der Waals surface area contributed by atoms with Crippen molar-refractivity contribution in [2.24, 2.45) is 5.92 Å². The molecule has 0 amide bonds. The molecule has 2 rings (SSSR count). The van der Waals surface area contributed by atoms with Crippen LogP contribution >= 0.6 is 0 Å². The van der Waals surface area contributed by atoms with Gasteiger partial charge in [0.15, 0.2) is 4.90 Å². The van der Waals surface area contributed by atoms with E-state index in [9.17, 15) is 28.4 Å². The summed E-state index contributed by atoms with van der Waals surface area (Å²) >= 11 is 0. The Morgan fingerprint density at radius 3 is 2.48 bits per heavy atom. The van der Waals surface area contributed by atoms with Crippen LogP contribution in [0.5, 0.6) is 0 Å². The van der Waals surface area contributed by atoms with Crippen LogP contribution in [-0.4, -0.2) is 30.0 Å². The normalized spacial score (nSPS) is 18.0. The van der Waals surface area contributed by atoms with Crippen molar-refractivity contribution in [2.45, 2.75) is 30.2 Å². The van der Waals surface area contributed by atoms with E-state index in [0.29, 0.717) is 12.8 Å². The Balaban J connectivity index is 2.44. The van der Waals surface area contributed by atoms with E-state index in [4.69, 9.17) is 0 Å². The van der Waals surface area contributed by atoms with Crippen LogP contribution < -0.4 is 4.72 Å². The SMILES string of the molecule is CC(NS(=O)(=O)c1ccccc1[N+](=O)[O-])(C(=O)O)C1CC1. The zero-order chi connectivity index (χ0) is 15.8. The molecule has 1 aliphatic rings. The van der Waals surface area contributed by atoms with Crippen LogP contribution in [0.15, 0.2) is 29.2 Å². The van der Waals surface area contributed by atoms with Gasteiger partial charge in [0.05, 0.1) is 4.92 Å². The fraction of sp³-hybridized carbons (Fsp3) is 0.417. The topological polar surface area (TPSA) is 127 Å². The number of para-hydroxylation sites is 1. The van der Waals surface area contributed by atoms with Gasteiger partial charge >= 0.3 is 5.97 Å². The fourth-order valence-electron chi connectivity index (χ4n) is 2.13. The van der Waals surface area contributed by atoms with E-state index in [1.165, 1.54) is 19.1 Å². The van der Waals surface area contributed by atoms with Crippen molar-refractivity contribution in [2.75, 3.05) is 0 Å². The molecular formula is C12H14N2O6S. The third-order valence-electron chi connectivity index (χ3n) is 3.54. The van der Waals surface area contributed by atoms with E-state index in [2.05, 4.69) is 4.72 Å². The van der Waals surface area contributed by atoms with Gasteiger partial charge in [0.25, 0.3) is 5.69 Å². The molecule has 1 unspecified atom stereocenters. The van der Waals surface area contributed by atoms with Gasteiger partial charge in [-0.05, 0) is 31.7 Å². The molecule has 0 saturated heterocycles. The number of sulfonamides is 1. The number of hydrogen-bond donors (Lipinski definition) is 2. The zero-order valence-corrected chi connectivity index (χ0v) is 12.0. The molecular weight excluding hydrogens is 300 g/mol. The van der Waals surface area contributed by atoms with Crippen molar-refractivity contribution in [1.29, 1.82) is 0 Å². The lowest BCUT2D eigenvalue weighted by atomic mass is 9.98. The standard InChI is InChI=1S/C12H14N2O6S/c1-12(11(15)16,8-6-7-8)13-21(19,20)10-5-3-2-4-9(10)14(17)18/h2-5,8,13H,6-7H2,1H3,(H,15,16). The van der Waals surface area contributed by atoms with E-state index in [0.717, 1.165) is 12.1 Å². The smallest absolute Gasteiger partial charge is 0.324 e. The third-order valence-corrected chi connectivity index (χ3v) is 5.15. The Morgan fingerprint density at radius 2 is 2.00 bits per heavy atom. The molecule has 21 heavy (non-hydrogen) atoms. The minimum atomic E-state index is -4.32. The molecule has 114 valence electrons. The number of rotatable bonds is 6. The van der Waals surface area contributed by atoms with Crippen molar-refractivity contribution in [3.8, 4) is 0 Å². The summed E-state index contributed by atoms with van der Waals surface area (Å²) in [5.41, 5.74) is -2.25. The van der Waals surface area contributed by atoms with E-state index >= 15 is 0 Å². The maximum atomic E-state index is 12.3. The number of aliphatic carboxylic acids is 1.